The van der Waals surface area contributed by atoms with Gasteiger partial charge in [0.1, 0.15) is 11.5 Å². The van der Waals surface area contributed by atoms with E-state index in [0.29, 0.717) is 55.8 Å². The van der Waals surface area contributed by atoms with E-state index < -0.39 is 10.0 Å². The molecule has 10 nitrogen and oxygen atoms in total. The number of carbonyl (C=O) groups excluding carboxylic acids is 1. The fraction of sp³-hybridized carbons (Fsp3) is 0.414. The first-order chi connectivity index (χ1) is 19.3. The van der Waals surface area contributed by atoms with Crippen LogP contribution in [0.5, 0.6) is 11.5 Å². The summed E-state index contributed by atoms with van der Waals surface area (Å²) in [7, 11) is -0.549. The van der Waals surface area contributed by atoms with Gasteiger partial charge in [0.05, 0.1) is 31.4 Å². The molecule has 40 heavy (non-hydrogen) atoms. The molecule has 0 N–H and O–H groups in total. The fourth-order valence-electron chi connectivity index (χ4n) is 4.78. The number of amides is 1. The number of nitrogens with zero attached hydrogens (tertiary/aromatic N) is 5. The molecule has 212 valence electrons. The zero-order valence-corrected chi connectivity index (χ0v) is 23.9. The van der Waals surface area contributed by atoms with Gasteiger partial charge in [-0.1, -0.05) is 17.7 Å². The Bertz CT molecular complexity index is 1430. The molecule has 2 heterocycles. The summed E-state index contributed by atoms with van der Waals surface area (Å²) in [6, 6.07) is 16.1. The predicted molar refractivity (Wildman–Crippen MR) is 152 cm³/mol. The van der Waals surface area contributed by atoms with Gasteiger partial charge in [-0.3, -0.25) is 4.79 Å². The van der Waals surface area contributed by atoms with Crippen LogP contribution in [0.2, 0.25) is 0 Å². The zero-order valence-electron chi connectivity index (χ0n) is 23.1. The molecule has 2 aromatic carbocycles. The van der Waals surface area contributed by atoms with Crippen LogP contribution >= 0.6 is 0 Å². The summed E-state index contributed by atoms with van der Waals surface area (Å²) >= 11 is 0. The van der Waals surface area contributed by atoms with Crippen LogP contribution in [0.1, 0.15) is 18.4 Å². The molecule has 1 aromatic heterocycles. The number of hydrogen-bond donors (Lipinski definition) is 0. The smallest absolute Gasteiger partial charge is 0.243 e. The van der Waals surface area contributed by atoms with Gasteiger partial charge in [0.15, 0.2) is 5.82 Å². The molecule has 0 bridgehead atoms. The second kappa shape index (κ2) is 11.8. The van der Waals surface area contributed by atoms with Crippen molar-refractivity contribution in [1.82, 2.24) is 19.4 Å². The van der Waals surface area contributed by atoms with Gasteiger partial charge >= 0.3 is 0 Å². The van der Waals surface area contributed by atoms with Crippen molar-refractivity contribution in [3.63, 3.8) is 0 Å². The lowest BCUT2D eigenvalue weighted by molar-refractivity contribution is -0.131. The van der Waals surface area contributed by atoms with Crippen molar-refractivity contribution in [3.8, 4) is 22.8 Å². The van der Waals surface area contributed by atoms with E-state index in [9.17, 15) is 13.2 Å². The Morgan fingerprint density at radius 1 is 0.950 bits per heavy atom. The quantitative estimate of drug-likeness (QED) is 0.369. The number of ether oxygens (including phenoxy) is 2. The van der Waals surface area contributed by atoms with Crippen LogP contribution in [0.25, 0.3) is 11.3 Å². The van der Waals surface area contributed by atoms with E-state index in [1.807, 2.05) is 31.2 Å². The zero-order chi connectivity index (χ0) is 28.3. The van der Waals surface area contributed by atoms with E-state index in [1.165, 1.54) is 4.31 Å². The normalized spacial score (nSPS) is 15.8. The highest BCUT2D eigenvalue weighted by molar-refractivity contribution is 7.89. The van der Waals surface area contributed by atoms with E-state index >= 15 is 0 Å². The maximum absolute atomic E-state index is 13.4. The summed E-state index contributed by atoms with van der Waals surface area (Å²) in [4.78, 5) is 17.3. The molecule has 0 radical (unpaired) electrons. The lowest BCUT2D eigenvalue weighted by Crippen LogP contribution is -2.52. The van der Waals surface area contributed by atoms with E-state index in [-0.39, 0.29) is 17.3 Å². The third-order valence-corrected chi connectivity index (χ3v) is 9.25. The van der Waals surface area contributed by atoms with Crippen molar-refractivity contribution >= 4 is 21.7 Å². The average molecular weight is 566 g/mol. The topological polar surface area (TPSA) is 105 Å². The van der Waals surface area contributed by atoms with E-state index in [4.69, 9.17) is 9.47 Å². The van der Waals surface area contributed by atoms with Gasteiger partial charge < -0.3 is 19.3 Å². The molecule has 3 aromatic rings. The van der Waals surface area contributed by atoms with Gasteiger partial charge in [0.25, 0.3) is 0 Å². The summed E-state index contributed by atoms with van der Waals surface area (Å²) in [5.41, 5.74) is 2.48. The SMILES string of the molecule is COc1ccc(-c2ccc(N3CCN(C(=O)CN(CC4CC4)S(=O)(=O)c4ccc(C)cc4)CC3)nn2)c(OC)c1. The highest BCUT2D eigenvalue weighted by atomic mass is 32.2. The van der Waals surface area contributed by atoms with Gasteiger partial charge in [-0.15, -0.1) is 10.2 Å². The van der Waals surface area contributed by atoms with E-state index in [1.54, 1.807) is 49.5 Å². The van der Waals surface area contributed by atoms with Crippen LogP contribution < -0.4 is 14.4 Å². The third kappa shape index (κ3) is 6.20. The molecule has 1 aliphatic heterocycles. The summed E-state index contributed by atoms with van der Waals surface area (Å²) < 4.78 is 38.9. The highest BCUT2D eigenvalue weighted by Crippen LogP contribution is 2.33. The second-order valence-electron chi connectivity index (χ2n) is 10.3. The maximum atomic E-state index is 13.4. The molecule has 5 rings (SSSR count). The van der Waals surface area contributed by atoms with E-state index in [2.05, 4.69) is 15.1 Å². The van der Waals surface area contributed by atoms with Crippen LogP contribution in [0.3, 0.4) is 0 Å². The lowest BCUT2D eigenvalue weighted by Gasteiger charge is -2.36. The molecule has 1 saturated heterocycles. The number of methoxy groups -OCH3 is 2. The van der Waals surface area contributed by atoms with Crippen molar-refractivity contribution in [3.05, 3.63) is 60.2 Å². The van der Waals surface area contributed by atoms with Crippen LogP contribution in [-0.2, 0) is 14.8 Å². The molecule has 1 amide bonds. The predicted octanol–water partition coefficient (Wildman–Crippen LogP) is 3.22. The number of carbonyl (C=O) groups is 1. The van der Waals surface area contributed by atoms with Gasteiger partial charge in [0.2, 0.25) is 15.9 Å². The van der Waals surface area contributed by atoms with E-state index in [0.717, 1.165) is 29.8 Å². The Hall–Kier alpha value is -3.70. The van der Waals surface area contributed by atoms with Crippen molar-refractivity contribution in [2.75, 3.05) is 58.4 Å². The summed E-state index contributed by atoms with van der Waals surface area (Å²) in [6.45, 7) is 4.28. The standard InChI is InChI=1S/C29H35N5O5S/c1-21-4-9-24(10-5-21)40(36,37)34(19-22-6-7-22)20-29(35)33-16-14-32(15-17-33)28-13-12-26(30-31-28)25-11-8-23(38-2)18-27(25)39-3/h4-5,8-13,18,22H,6-7,14-17,19-20H2,1-3H3. The summed E-state index contributed by atoms with van der Waals surface area (Å²) in [6.07, 6.45) is 2.00. The number of aryl methyl sites for hydroxylation is 1. The second-order valence-corrected chi connectivity index (χ2v) is 12.2. The summed E-state index contributed by atoms with van der Waals surface area (Å²) in [5.74, 6) is 2.21. The molecule has 2 fully saturated rings. The van der Waals surface area contributed by atoms with Crippen molar-refractivity contribution in [2.24, 2.45) is 5.92 Å². The van der Waals surface area contributed by atoms with Gasteiger partial charge in [-0.05, 0) is 62.1 Å². The Morgan fingerprint density at radius 3 is 2.27 bits per heavy atom. The van der Waals surface area contributed by atoms with Gasteiger partial charge in [0, 0.05) is 44.4 Å². The first-order valence-electron chi connectivity index (χ1n) is 13.4. The number of hydrogen-bond acceptors (Lipinski definition) is 8. The molecule has 0 spiro atoms. The Balaban J connectivity index is 1.21. The molecule has 2 aliphatic rings. The largest absolute Gasteiger partial charge is 0.497 e. The minimum absolute atomic E-state index is 0.148. The minimum atomic E-state index is -3.76. The number of rotatable bonds is 10. The lowest BCUT2D eigenvalue weighted by atomic mass is 10.1. The van der Waals surface area contributed by atoms with Crippen LogP contribution in [0.4, 0.5) is 5.82 Å². The van der Waals surface area contributed by atoms with Crippen LogP contribution in [-0.4, -0.2) is 87.2 Å². The molecule has 0 unspecified atom stereocenters. The maximum Gasteiger partial charge on any atom is 0.243 e. The molecule has 1 aliphatic carbocycles. The van der Waals surface area contributed by atoms with Crippen LogP contribution in [0, 0.1) is 12.8 Å². The molecular weight excluding hydrogens is 530 g/mol. The third-order valence-electron chi connectivity index (χ3n) is 7.42. The monoisotopic (exact) mass is 565 g/mol. The number of benzene rings is 2. The fourth-order valence-corrected chi connectivity index (χ4v) is 6.24. The molecule has 11 heteroatoms. The Morgan fingerprint density at radius 2 is 1.68 bits per heavy atom. The van der Waals surface area contributed by atoms with Crippen molar-refractivity contribution < 1.29 is 22.7 Å². The Labute approximate surface area is 235 Å². The Kier molecular flexibility index (Phi) is 8.22. The first kappa shape index (κ1) is 27.9. The first-order valence-corrected chi connectivity index (χ1v) is 14.9. The van der Waals surface area contributed by atoms with Gasteiger partial charge in [-0.25, -0.2) is 8.42 Å². The molecule has 0 atom stereocenters. The number of aromatic nitrogens is 2. The summed E-state index contributed by atoms with van der Waals surface area (Å²) in [5, 5.41) is 8.83. The van der Waals surface area contributed by atoms with Crippen molar-refractivity contribution in [2.45, 2.75) is 24.7 Å². The average Bonchev–Trinajstić information content (AvgIpc) is 3.81. The highest BCUT2D eigenvalue weighted by Gasteiger charge is 2.34. The number of piperazine rings is 1. The number of sulfonamides is 1. The van der Waals surface area contributed by atoms with Gasteiger partial charge in [-0.2, -0.15) is 4.31 Å². The van der Waals surface area contributed by atoms with Crippen molar-refractivity contribution in [1.29, 1.82) is 0 Å². The molecular formula is C29H35N5O5S. The minimum Gasteiger partial charge on any atom is -0.497 e. The van der Waals surface area contributed by atoms with Crippen LogP contribution in [0.15, 0.2) is 59.5 Å². The molecule has 1 saturated carbocycles. The number of anilines is 1.